The van der Waals surface area contributed by atoms with Crippen molar-refractivity contribution in [3.05, 3.63) is 29.8 Å². The van der Waals surface area contributed by atoms with Gasteiger partial charge in [-0.15, -0.1) is 0 Å². The number of rotatable bonds is 3. The molecule has 0 saturated carbocycles. The van der Waals surface area contributed by atoms with E-state index in [0.29, 0.717) is 0 Å². The topological polar surface area (TPSA) is 29.5 Å². The molecule has 0 spiro atoms. The van der Waals surface area contributed by atoms with Crippen LogP contribution >= 0.6 is 0 Å². The van der Waals surface area contributed by atoms with Gasteiger partial charge in [0.1, 0.15) is 5.75 Å². The second kappa shape index (κ2) is 4.28. The van der Waals surface area contributed by atoms with E-state index < -0.39 is 6.10 Å². The van der Waals surface area contributed by atoms with Crippen LogP contribution in [0, 0.1) is 5.92 Å². The van der Waals surface area contributed by atoms with E-state index in [9.17, 15) is 5.11 Å². The Kier molecular flexibility index (Phi) is 3.32. The second-order valence-electron chi connectivity index (χ2n) is 3.43. The number of aliphatic hydroxyl groups is 1. The Hall–Kier alpha value is -1.02. The average molecular weight is 180 g/mol. The van der Waals surface area contributed by atoms with Gasteiger partial charge in [0.25, 0.3) is 0 Å². The summed E-state index contributed by atoms with van der Waals surface area (Å²) < 4.78 is 5.16. The van der Waals surface area contributed by atoms with Crippen LogP contribution in [0.5, 0.6) is 5.75 Å². The Morgan fingerprint density at radius 1 is 1.23 bits per heavy atom. The van der Waals surface area contributed by atoms with E-state index in [1.54, 1.807) is 7.11 Å². The first-order valence-electron chi connectivity index (χ1n) is 4.47. The van der Waals surface area contributed by atoms with Crippen LogP contribution in [-0.2, 0) is 0 Å². The van der Waals surface area contributed by atoms with Gasteiger partial charge in [-0.3, -0.25) is 0 Å². The first kappa shape index (κ1) is 10.1. The number of para-hydroxylation sites is 1. The predicted molar refractivity (Wildman–Crippen MR) is 52.8 cm³/mol. The molecule has 1 aromatic carbocycles. The van der Waals surface area contributed by atoms with Crippen molar-refractivity contribution in [2.75, 3.05) is 7.11 Å². The van der Waals surface area contributed by atoms with Crippen LogP contribution in [0.3, 0.4) is 0 Å². The molecule has 1 aromatic rings. The van der Waals surface area contributed by atoms with E-state index in [0.717, 1.165) is 11.3 Å². The zero-order valence-corrected chi connectivity index (χ0v) is 8.32. The summed E-state index contributed by atoms with van der Waals surface area (Å²) >= 11 is 0. The average Bonchev–Trinajstić information content (AvgIpc) is 2.16. The van der Waals surface area contributed by atoms with Gasteiger partial charge in [0, 0.05) is 5.56 Å². The minimum atomic E-state index is -0.448. The molecule has 72 valence electrons. The van der Waals surface area contributed by atoms with Crippen LogP contribution in [0.4, 0.5) is 0 Å². The fourth-order valence-electron chi connectivity index (χ4n) is 1.27. The lowest BCUT2D eigenvalue weighted by atomic mass is 9.98. The van der Waals surface area contributed by atoms with Gasteiger partial charge in [-0.1, -0.05) is 32.0 Å². The lowest BCUT2D eigenvalue weighted by molar-refractivity contribution is 0.123. The van der Waals surface area contributed by atoms with Gasteiger partial charge < -0.3 is 9.84 Å². The maximum Gasteiger partial charge on any atom is 0.124 e. The van der Waals surface area contributed by atoms with E-state index in [4.69, 9.17) is 4.74 Å². The summed E-state index contributed by atoms with van der Waals surface area (Å²) in [5.41, 5.74) is 0.861. The van der Waals surface area contributed by atoms with Crippen molar-refractivity contribution in [2.45, 2.75) is 20.0 Å². The summed E-state index contributed by atoms with van der Waals surface area (Å²) in [5.74, 6) is 0.958. The van der Waals surface area contributed by atoms with Crippen molar-refractivity contribution in [1.82, 2.24) is 0 Å². The molecule has 0 fully saturated rings. The smallest absolute Gasteiger partial charge is 0.124 e. The first-order valence-corrected chi connectivity index (χ1v) is 4.47. The summed E-state index contributed by atoms with van der Waals surface area (Å²) in [5, 5.41) is 9.83. The van der Waals surface area contributed by atoms with Crippen LogP contribution < -0.4 is 4.74 Å². The van der Waals surface area contributed by atoms with Crippen molar-refractivity contribution in [1.29, 1.82) is 0 Å². The summed E-state index contributed by atoms with van der Waals surface area (Å²) in [4.78, 5) is 0. The number of hydrogen-bond acceptors (Lipinski definition) is 2. The highest BCUT2D eigenvalue weighted by atomic mass is 16.5. The van der Waals surface area contributed by atoms with Crippen molar-refractivity contribution in [2.24, 2.45) is 5.92 Å². The maximum absolute atomic E-state index is 9.83. The Morgan fingerprint density at radius 3 is 2.38 bits per heavy atom. The minimum Gasteiger partial charge on any atom is -0.496 e. The highest BCUT2D eigenvalue weighted by Gasteiger charge is 2.15. The summed E-state index contributed by atoms with van der Waals surface area (Å²) in [6.07, 6.45) is -0.448. The van der Waals surface area contributed by atoms with Crippen LogP contribution in [0.15, 0.2) is 24.3 Å². The van der Waals surface area contributed by atoms with Gasteiger partial charge in [-0.05, 0) is 12.0 Å². The molecule has 1 rings (SSSR count). The fourth-order valence-corrected chi connectivity index (χ4v) is 1.27. The molecular formula is C11H16O2. The lowest BCUT2D eigenvalue weighted by Gasteiger charge is -2.17. The summed E-state index contributed by atoms with van der Waals surface area (Å²) in [7, 11) is 1.62. The summed E-state index contributed by atoms with van der Waals surface area (Å²) in [6.45, 7) is 3.97. The Bertz CT molecular complexity index is 269. The van der Waals surface area contributed by atoms with Crippen molar-refractivity contribution >= 4 is 0 Å². The number of hydrogen-bond donors (Lipinski definition) is 1. The van der Waals surface area contributed by atoms with Crippen LogP contribution in [-0.4, -0.2) is 12.2 Å². The maximum atomic E-state index is 9.83. The molecule has 0 aliphatic heterocycles. The number of methoxy groups -OCH3 is 1. The van der Waals surface area contributed by atoms with Crippen LogP contribution in [0.2, 0.25) is 0 Å². The van der Waals surface area contributed by atoms with Crippen LogP contribution in [0.1, 0.15) is 25.5 Å². The SMILES string of the molecule is COc1ccccc1C(O)C(C)C. The van der Waals surface area contributed by atoms with Gasteiger partial charge in [0.05, 0.1) is 13.2 Å². The highest BCUT2D eigenvalue weighted by molar-refractivity contribution is 5.35. The highest BCUT2D eigenvalue weighted by Crippen LogP contribution is 2.29. The van der Waals surface area contributed by atoms with Crippen molar-refractivity contribution in [3.63, 3.8) is 0 Å². The van der Waals surface area contributed by atoms with Gasteiger partial charge in [-0.2, -0.15) is 0 Å². The molecule has 1 atom stereocenters. The van der Waals surface area contributed by atoms with Crippen molar-refractivity contribution < 1.29 is 9.84 Å². The molecule has 0 heterocycles. The Labute approximate surface area is 79.2 Å². The van der Waals surface area contributed by atoms with E-state index in [1.165, 1.54) is 0 Å². The first-order chi connectivity index (χ1) is 6.16. The van der Waals surface area contributed by atoms with Crippen LogP contribution in [0.25, 0.3) is 0 Å². The lowest BCUT2D eigenvalue weighted by Crippen LogP contribution is -2.06. The third kappa shape index (κ3) is 2.22. The second-order valence-corrected chi connectivity index (χ2v) is 3.43. The minimum absolute atomic E-state index is 0.205. The quantitative estimate of drug-likeness (QED) is 0.773. The van der Waals surface area contributed by atoms with Gasteiger partial charge >= 0.3 is 0 Å². The Balaban J connectivity index is 2.98. The molecule has 0 saturated heterocycles. The molecule has 13 heavy (non-hydrogen) atoms. The molecule has 0 amide bonds. The summed E-state index contributed by atoms with van der Waals surface area (Å²) in [6, 6.07) is 7.56. The van der Waals surface area contributed by atoms with E-state index >= 15 is 0 Å². The molecule has 1 unspecified atom stereocenters. The standard InChI is InChI=1S/C11H16O2/c1-8(2)11(12)9-6-4-5-7-10(9)13-3/h4-8,11-12H,1-3H3. The number of benzene rings is 1. The van der Waals surface area contributed by atoms with Gasteiger partial charge in [0.15, 0.2) is 0 Å². The molecule has 0 aliphatic rings. The normalized spacial score (nSPS) is 13.0. The zero-order valence-electron chi connectivity index (χ0n) is 8.32. The van der Waals surface area contributed by atoms with Gasteiger partial charge in [-0.25, -0.2) is 0 Å². The fraction of sp³-hybridized carbons (Fsp3) is 0.455. The van der Waals surface area contributed by atoms with Gasteiger partial charge in [0.2, 0.25) is 0 Å². The predicted octanol–water partition coefficient (Wildman–Crippen LogP) is 2.38. The molecule has 2 heteroatoms. The van der Waals surface area contributed by atoms with Crippen molar-refractivity contribution in [3.8, 4) is 5.75 Å². The molecule has 0 aliphatic carbocycles. The number of aliphatic hydroxyl groups excluding tert-OH is 1. The zero-order chi connectivity index (χ0) is 9.84. The Morgan fingerprint density at radius 2 is 1.85 bits per heavy atom. The third-order valence-corrected chi connectivity index (χ3v) is 2.09. The third-order valence-electron chi connectivity index (χ3n) is 2.09. The molecule has 2 nitrogen and oxygen atoms in total. The van der Waals surface area contributed by atoms with E-state index in [1.807, 2.05) is 38.1 Å². The molecule has 1 N–H and O–H groups in total. The molecular weight excluding hydrogens is 164 g/mol. The molecule has 0 radical (unpaired) electrons. The largest absolute Gasteiger partial charge is 0.496 e. The number of ether oxygens (including phenoxy) is 1. The molecule has 0 aromatic heterocycles. The van der Waals surface area contributed by atoms with E-state index in [-0.39, 0.29) is 5.92 Å². The molecule has 0 bridgehead atoms. The van der Waals surface area contributed by atoms with E-state index in [2.05, 4.69) is 0 Å². The monoisotopic (exact) mass is 180 g/mol.